The van der Waals surface area contributed by atoms with Crippen molar-refractivity contribution in [3.63, 3.8) is 0 Å². The summed E-state index contributed by atoms with van der Waals surface area (Å²) in [6.45, 7) is -0.255. The number of rotatable bonds is 3. The van der Waals surface area contributed by atoms with Crippen molar-refractivity contribution in [3.05, 3.63) is 10.4 Å². The van der Waals surface area contributed by atoms with Crippen LogP contribution in [0.15, 0.2) is 4.79 Å². The minimum atomic E-state index is -0.826. The maximum atomic E-state index is 11.9. The highest BCUT2D eigenvalue weighted by Gasteiger charge is 2.42. The summed E-state index contributed by atoms with van der Waals surface area (Å²) < 4.78 is 5.53. The number of hydrogen-bond acceptors (Lipinski definition) is 8. The lowest BCUT2D eigenvalue weighted by Crippen LogP contribution is -2.39. The van der Waals surface area contributed by atoms with Crippen molar-refractivity contribution in [2.75, 3.05) is 28.8 Å². The highest BCUT2D eigenvalue weighted by Crippen LogP contribution is 2.35. The van der Waals surface area contributed by atoms with E-state index < -0.39 is 24.0 Å². The van der Waals surface area contributed by atoms with Crippen LogP contribution in [0.25, 0.3) is 0 Å². The van der Waals surface area contributed by atoms with Crippen molar-refractivity contribution in [2.24, 2.45) is 0 Å². The number of aromatic nitrogens is 2. The van der Waals surface area contributed by atoms with Crippen LogP contribution in [0, 0.1) is 0 Å². The van der Waals surface area contributed by atoms with Crippen molar-refractivity contribution in [2.45, 2.75) is 24.9 Å². The lowest BCUT2D eigenvalue weighted by atomic mass is 10.2. The Morgan fingerprint density at radius 1 is 1.57 bits per heavy atom. The number of ether oxygens (including phenoxy) is 1. The zero-order chi connectivity index (χ0) is 15.1. The molecule has 10 heteroatoms. The van der Waals surface area contributed by atoms with Gasteiger partial charge in [-0.25, -0.2) is 0 Å². The van der Waals surface area contributed by atoms with Gasteiger partial charge in [0.2, 0.25) is 12.4 Å². The molecule has 3 heterocycles. The Bertz CT molecular complexity index is 620. The van der Waals surface area contributed by atoms with Gasteiger partial charge in [-0.05, 0) is 0 Å². The fourth-order valence-electron chi connectivity index (χ4n) is 2.62. The normalized spacial score (nSPS) is 28.0. The maximum Gasteiger partial charge on any atom is 0.278 e. The molecule has 3 atom stereocenters. The number of fused-ring (bicyclic) bond motifs is 1. The number of amides is 1. The summed E-state index contributed by atoms with van der Waals surface area (Å²) >= 11 is 0. The minimum Gasteiger partial charge on any atom is -0.394 e. The molecule has 0 saturated carbocycles. The number of hydrogen-bond donors (Lipinski definition) is 4. The molecule has 5 N–H and O–H groups in total. The molecule has 0 bridgehead atoms. The number of anilines is 3. The van der Waals surface area contributed by atoms with E-state index in [1.807, 2.05) is 0 Å². The van der Waals surface area contributed by atoms with Gasteiger partial charge in [0.25, 0.3) is 5.56 Å². The van der Waals surface area contributed by atoms with Crippen molar-refractivity contribution >= 4 is 23.9 Å². The Balaban J connectivity index is 1.97. The van der Waals surface area contributed by atoms with Crippen molar-refractivity contribution in [1.29, 1.82) is 0 Å². The molecule has 0 aliphatic carbocycles. The van der Waals surface area contributed by atoms with E-state index in [4.69, 9.17) is 15.6 Å². The van der Waals surface area contributed by atoms with Crippen LogP contribution >= 0.6 is 0 Å². The van der Waals surface area contributed by atoms with E-state index in [1.165, 1.54) is 4.90 Å². The predicted molar refractivity (Wildman–Crippen MR) is 71.5 cm³/mol. The summed E-state index contributed by atoms with van der Waals surface area (Å²) in [5.74, 6) is 0.146. The molecule has 0 unspecified atom stereocenters. The van der Waals surface area contributed by atoms with Crippen molar-refractivity contribution in [3.8, 4) is 0 Å². The van der Waals surface area contributed by atoms with E-state index in [0.29, 0.717) is 6.41 Å². The van der Waals surface area contributed by atoms with Gasteiger partial charge in [-0.1, -0.05) is 0 Å². The Labute approximate surface area is 118 Å². The fraction of sp³-hybridized carbons (Fsp3) is 0.545. The molecule has 3 rings (SSSR count). The van der Waals surface area contributed by atoms with Crippen LogP contribution < -0.4 is 21.1 Å². The zero-order valence-electron chi connectivity index (χ0n) is 11.0. The number of carbonyl (C=O) groups excluding carboxylic acids is 1. The van der Waals surface area contributed by atoms with Gasteiger partial charge in [-0.2, -0.15) is 4.98 Å². The first kappa shape index (κ1) is 13.8. The number of nitrogens with zero attached hydrogens (tertiary/aromatic N) is 3. The number of carbonyl (C=O) groups is 1. The summed E-state index contributed by atoms with van der Waals surface area (Å²) in [6, 6.07) is 0. The summed E-state index contributed by atoms with van der Waals surface area (Å²) in [6.07, 6.45) is -1.39. The third kappa shape index (κ3) is 2.13. The number of H-pyrrole nitrogens is 1. The van der Waals surface area contributed by atoms with Gasteiger partial charge in [0, 0.05) is 6.42 Å². The van der Waals surface area contributed by atoms with Gasteiger partial charge >= 0.3 is 0 Å². The summed E-state index contributed by atoms with van der Waals surface area (Å²) in [7, 11) is 0. The molecule has 114 valence electrons. The van der Waals surface area contributed by atoms with Gasteiger partial charge in [-0.3, -0.25) is 19.5 Å². The van der Waals surface area contributed by atoms with Crippen molar-refractivity contribution < 1.29 is 19.7 Å². The Morgan fingerprint density at radius 3 is 2.95 bits per heavy atom. The summed E-state index contributed by atoms with van der Waals surface area (Å²) in [5.41, 5.74) is 5.09. The number of nitrogens with two attached hydrogens (primary N) is 1. The average Bonchev–Trinajstić information content (AvgIpc) is 2.98. The fourth-order valence-corrected chi connectivity index (χ4v) is 2.62. The lowest BCUT2D eigenvalue weighted by Gasteiger charge is -2.24. The van der Waals surface area contributed by atoms with Gasteiger partial charge in [-0.15, -0.1) is 0 Å². The van der Waals surface area contributed by atoms with Crippen LogP contribution in [0.5, 0.6) is 0 Å². The van der Waals surface area contributed by atoms with Gasteiger partial charge in [0.05, 0.1) is 12.7 Å². The van der Waals surface area contributed by atoms with E-state index in [9.17, 15) is 14.7 Å². The van der Waals surface area contributed by atoms with E-state index >= 15 is 0 Å². The third-order valence-corrected chi connectivity index (χ3v) is 3.62. The third-order valence-electron chi connectivity index (χ3n) is 3.62. The molecule has 2 aliphatic heterocycles. The Hall–Kier alpha value is -2.17. The molecular weight excluding hydrogens is 282 g/mol. The number of aliphatic hydroxyl groups excluding tert-OH is 2. The number of aliphatic hydroxyl groups is 2. The SMILES string of the molecule is Nc1nc2c(c(=O)[nH]1)N(C=O)CN2[C@H]1C[C@H](O)[C@@H](CO)O1. The minimum absolute atomic E-state index is 0.0634. The molecule has 0 spiro atoms. The lowest BCUT2D eigenvalue weighted by molar-refractivity contribution is -0.107. The molecule has 21 heavy (non-hydrogen) atoms. The first-order chi connectivity index (χ1) is 10.0. The second-order valence-electron chi connectivity index (χ2n) is 4.92. The zero-order valence-corrected chi connectivity index (χ0v) is 11.0. The van der Waals surface area contributed by atoms with E-state index in [1.54, 1.807) is 4.90 Å². The molecule has 0 radical (unpaired) electrons. The molecule has 1 amide bonds. The molecule has 1 saturated heterocycles. The van der Waals surface area contributed by atoms with Crippen LogP contribution in [0.4, 0.5) is 17.5 Å². The van der Waals surface area contributed by atoms with Crippen LogP contribution in [0.2, 0.25) is 0 Å². The summed E-state index contributed by atoms with van der Waals surface area (Å²) in [4.78, 5) is 32.1. The molecule has 1 fully saturated rings. The van der Waals surface area contributed by atoms with Gasteiger partial charge in [0.1, 0.15) is 19.0 Å². The van der Waals surface area contributed by atoms with Crippen LogP contribution in [-0.4, -0.2) is 58.3 Å². The van der Waals surface area contributed by atoms with Gasteiger partial charge in [0.15, 0.2) is 11.5 Å². The van der Waals surface area contributed by atoms with Crippen LogP contribution in [0.1, 0.15) is 6.42 Å². The molecule has 2 aliphatic rings. The standard InChI is InChI=1S/C11H15N5O5/c12-11-13-9-8(10(20)14-11)15(4-18)3-16(9)7-1-5(19)6(2-17)21-7/h4-7,17,19H,1-3H2,(H3,12,13,14,20)/t5-,6+,7+/m0/s1. The maximum absolute atomic E-state index is 11.9. The average molecular weight is 297 g/mol. The second kappa shape index (κ2) is 4.98. The first-order valence-electron chi connectivity index (χ1n) is 6.38. The summed E-state index contributed by atoms with van der Waals surface area (Å²) in [5, 5.41) is 18.9. The van der Waals surface area contributed by atoms with E-state index in [2.05, 4.69) is 9.97 Å². The Morgan fingerprint density at radius 2 is 2.33 bits per heavy atom. The first-order valence-corrected chi connectivity index (χ1v) is 6.38. The molecule has 0 aromatic carbocycles. The number of aromatic amines is 1. The molecule has 1 aromatic rings. The molecule has 10 nitrogen and oxygen atoms in total. The quantitative estimate of drug-likeness (QED) is 0.450. The van der Waals surface area contributed by atoms with E-state index in [-0.39, 0.29) is 37.1 Å². The van der Waals surface area contributed by atoms with Crippen molar-refractivity contribution in [1.82, 2.24) is 9.97 Å². The monoisotopic (exact) mass is 297 g/mol. The van der Waals surface area contributed by atoms with Crippen LogP contribution in [0.3, 0.4) is 0 Å². The second-order valence-corrected chi connectivity index (χ2v) is 4.92. The van der Waals surface area contributed by atoms with Gasteiger partial charge < -0.3 is 25.6 Å². The highest BCUT2D eigenvalue weighted by atomic mass is 16.5. The van der Waals surface area contributed by atoms with E-state index in [0.717, 1.165) is 0 Å². The predicted octanol–water partition coefficient (Wildman–Crippen LogP) is -2.44. The number of nitrogen functional groups attached to an aromatic ring is 1. The van der Waals surface area contributed by atoms with Crippen LogP contribution in [-0.2, 0) is 9.53 Å². The topological polar surface area (TPSA) is 145 Å². The molecular formula is C11H15N5O5. The highest BCUT2D eigenvalue weighted by molar-refractivity contribution is 5.86. The molecule has 1 aromatic heterocycles. The Kier molecular flexibility index (Phi) is 3.27. The smallest absolute Gasteiger partial charge is 0.278 e. The number of nitrogens with one attached hydrogen (secondary N) is 1. The largest absolute Gasteiger partial charge is 0.394 e.